The van der Waals surface area contributed by atoms with E-state index in [1.54, 1.807) is 12.5 Å². The molecule has 0 atom stereocenters. The van der Waals surface area contributed by atoms with Crippen LogP contribution in [-0.2, 0) is 13.0 Å². The first kappa shape index (κ1) is 15.9. The van der Waals surface area contributed by atoms with Crippen LogP contribution in [0.25, 0.3) is 11.3 Å². The molecule has 0 aliphatic rings. The molecule has 0 fully saturated rings. The number of ether oxygens (including phenoxy) is 1. The van der Waals surface area contributed by atoms with Gasteiger partial charge < -0.3 is 20.1 Å². The van der Waals surface area contributed by atoms with Crippen molar-refractivity contribution in [1.82, 2.24) is 19.9 Å². The summed E-state index contributed by atoms with van der Waals surface area (Å²) in [4.78, 5) is 15.8. The summed E-state index contributed by atoms with van der Waals surface area (Å²) in [6, 6.07) is 9.76. The number of nitrogens with zero attached hydrogens (tertiary/aromatic N) is 3. The van der Waals surface area contributed by atoms with Crippen LogP contribution in [0, 0.1) is 0 Å². The molecule has 3 rings (SSSR count). The summed E-state index contributed by atoms with van der Waals surface area (Å²) in [5, 5.41) is 12.6. The summed E-state index contributed by atoms with van der Waals surface area (Å²) < 4.78 is 5.20. The van der Waals surface area contributed by atoms with E-state index in [0.29, 0.717) is 18.4 Å². The van der Waals surface area contributed by atoms with Crippen molar-refractivity contribution in [3.05, 3.63) is 54.1 Å². The van der Waals surface area contributed by atoms with Gasteiger partial charge in [-0.25, -0.2) is 4.98 Å². The van der Waals surface area contributed by atoms with Gasteiger partial charge in [-0.15, -0.1) is 0 Å². The molecular formula is C17H19N5O2. The van der Waals surface area contributed by atoms with E-state index in [1.165, 1.54) is 7.11 Å². The molecular weight excluding hydrogens is 306 g/mol. The Bertz CT molecular complexity index is 789. The van der Waals surface area contributed by atoms with Crippen molar-refractivity contribution in [2.75, 3.05) is 19.0 Å². The molecule has 0 aliphatic heterocycles. The van der Waals surface area contributed by atoms with E-state index in [-0.39, 0.29) is 6.61 Å². The van der Waals surface area contributed by atoms with Crippen LogP contribution in [0.4, 0.5) is 5.82 Å². The monoisotopic (exact) mass is 325 g/mol. The lowest BCUT2D eigenvalue weighted by molar-refractivity contribution is 0.282. The van der Waals surface area contributed by atoms with Gasteiger partial charge in [0.1, 0.15) is 5.82 Å². The third-order valence-corrected chi connectivity index (χ3v) is 3.55. The number of anilines is 1. The van der Waals surface area contributed by atoms with Gasteiger partial charge >= 0.3 is 6.01 Å². The number of rotatable bonds is 7. The summed E-state index contributed by atoms with van der Waals surface area (Å²) >= 11 is 0. The number of benzene rings is 1. The molecule has 0 amide bonds. The van der Waals surface area contributed by atoms with Crippen LogP contribution < -0.4 is 10.1 Å². The van der Waals surface area contributed by atoms with Gasteiger partial charge in [-0.05, 0) is 11.6 Å². The van der Waals surface area contributed by atoms with Gasteiger partial charge in [0.05, 0.1) is 25.7 Å². The van der Waals surface area contributed by atoms with E-state index in [1.807, 2.05) is 30.3 Å². The molecule has 0 aliphatic carbocycles. The summed E-state index contributed by atoms with van der Waals surface area (Å²) in [7, 11) is 1.54. The maximum atomic E-state index is 9.29. The minimum absolute atomic E-state index is 0.00858. The summed E-state index contributed by atoms with van der Waals surface area (Å²) in [6.45, 7) is 0.698. The average Bonchev–Trinajstić information content (AvgIpc) is 3.15. The van der Waals surface area contributed by atoms with Crippen LogP contribution in [0.3, 0.4) is 0 Å². The standard InChI is InChI=1S/C17H19N5O2/c1-24-17-21-15(13-4-2-3-12(7-13)10-23)8-16(22-17)19-6-5-14-9-18-11-20-14/h2-4,7-9,11,23H,5-6,10H2,1H3,(H,18,20)(H,19,21,22). The van der Waals surface area contributed by atoms with Gasteiger partial charge in [-0.1, -0.05) is 18.2 Å². The van der Waals surface area contributed by atoms with Crippen molar-refractivity contribution in [2.24, 2.45) is 0 Å². The third-order valence-electron chi connectivity index (χ3n) is 3.55. The van der Waals surface area contributed by atoms with Gasteiger partial charge in [0.2, 0.25) is 0 Å². The number of nitrogens with one attached hydrogen (secondary N) is 2. The number of methoxy groups -OCH3 is 1. The maximum absolute atomic E-state index is 9.29. The molecule has 124 valence electrons. The molecule has 0 bridgehead atoms. The van der Waals surface area contributed by atoms with Crippen LogP contribution in [0.5, 0.6) is 6.01 Å². The van der Waals surface area contributed by atoms with Crippen molar-refractivity contribution in [3.8, 4) is 17.3 Å². The minimum Gasteiger partial charge on any atom is -0.467 e. The van der Waals surface area contributed by atoms with Crippen LogP contribution >= 0.6 is 0 Å². The number of aliphatic hydroxyl groups is 1. The molecule has 0 spiro atoms. The predicted molar refractivity (Wildman–Crippen MR) is 90.7 cm³/mol. The lowest BCUT2D eigenvalue weighted by Gasteiger charge is -2.10. The van der Waals surface area contributed by atoms with Crippen molar-refractivity contribution in [1.29, 1.82) is 0 Å². The van der Waals surface area contributed by atoms with E-state index in [2.05, 4.69) is 25.3 Å². The lowest BCUT2D eigenvalue weighted by Crippen LogP contribution is -2.08. The smallest absolute Gasteiger partial charge is 0.318 e. The normalized spacial score (nSPS) is 10.6. The zero-order valence-electron chi connectivity index (χ0n) is 13.4. The van der Waals surface area contributed by atoms with Crippen LogP contribution in [0.1, 0.15) is 11.3 Å². The second kappa shape index (κ2) is 7.56. The van der Waals surface area contributed by atoms with Crippen molar-refractivity contribution in [2.45, 2.75) is 13.0 Å². The Morgan fingerprint density at radius 3 is 2.92 bits per heavy atom. The van der Waals surface area contributed by atoms with Gasteiger partial charge in [-0.3, -0.25) is 0 Å². The molecule has 3 aromatic rings. The molecule has 2 aromatic heterocycles. The van der Waals surface area contributed by atoms with E-state index >= 15 is 0 Å². The number of hydrogen-bond acceptors (Lipinski definition) is 6. The second-order valence-corrected chi connectivity index (χ2v) is 5.24. The quantitative estimate of drug-likeness (QED) is 0.615. The first-order chi connectivity index (χ1) is 11.8. The Balaban J connectivity index is 1.79. The van der Waals surface area contributed by atoms with Crippen LogP contribution in [0.2, 0.25) is 0 Å². The Labute approximate surface area is 139 Å². The first-order valence-corrected chi connectivity index (χ1v) is 7.63. The number of aliphatic hydroxyl groups excluding tert-OH is 1. The van der Waals surface area contributed by atoms with Gasteiger partial charge in [0, 0.05) is 36.5 Å². The SMILES string of the molecule is COc1nc(NCCc2cnc[nH]2)cc(-c2cccc(CO)c2)n1. The highest BCUT2D eigenvalue weighted by Crippen LogP contribution is 2.23. The fraction of sp³-hybridized carbons (Fsp3) is 0.235. The topological polar surface area (TPSA) is 96.0 Å². The molecule has 7 heteroatoms. The minimum atomic E-state index is -0.00858. The summed E-state index contributed by atoms with van der Waals surface area (Å²) in [6.07, 6.45) is 4.27. The molecule has 1 aromatic carbocycles. The summed E-state index contributed by atoms with van der Waals surface area (Å²) in [5.41, 5.74) is 3.53. The van der Waals surface area contributed by atoms with Crippen LogP contribution in [0.15, 0.2) is 42.9 Å². The van der Waals surface area contributed by atoms with Crippen molar-refractivity contribution in [3.63, 3.8) is 0 Å². The van der Waals surface area contributed by atoms with Gasteiger partial charge in [-0.2, -0.15) is 9.97 Å². The molecule has 24 heavy (non-hydrogen) atoms. The van der Waals surface area contributed by atoms with Gasteiger partial charge in [0.15, 0.2) is 0 Å². The Hall–Kier alpha value is -2.93. The molecule has 0 radical (unpaired) electrons. The van der Waals surface area contributed by atoms with Crippen molar-refractivity contribution >= 4 is 5.82 Å². The molecule has 2 heterocycles. The number of aromatic amines is 1. The molecule has 0 saturated heterocycles. The third kappa shape index (κ3) is 3.88. The number of imidazole rings is 1. The molecule has 0 saturated carbocycles. The average molecular weight is 325 g/mol. The Morgan fingerprint density at radius 2 is 2.17 bits per heavy atom. The van der Waals surface area contributed by atoms with Crippen molar-refractivity contribution < 1.29 is 9.84 Å². The maximum Gasteiger partial charge on any atom is 0.318 e. The number of hydrogen-bond donors (Lipinski definition) is 3. The number of H-pyrrole nitrogens is 1. The second-order valence-electron chi connectivity index (χ2n) is 5.24. The Morgan fingerprint density at radius 1 is 1.25 bits per heavy atom. The highest BCUT2D eigenvalue weighted by molar-refractivity contribution is 5.63. The van der Waals surface area contributed by atoms with Gasteiger partial charge in [0.25, 0.3) is 0 Å². The Kier molecular flexibility index (Phi) is 5.02. The molecule has 0 unspecified atom stereocenters. The largest absolute Gasteiger partial charge is 0.467 e. The summed E-state index contributed by atoms with van der Waals surface area (Å²) in [5.74, 6) is 0.686. The molecule has 7 nitrogen and oxygen atoms in total. The fourth-order valence-corrected chi connectivity index (χ4v) is 2.33. The zero-order chi connectivity index (χ0) is 16.8. The highest BCUT2D eigenvalue weighted by Gasteiger charge is 2.08. The number of aromatic nitrogens is 4. The highest BCUT2D eigenvalue weighted by atomic mass is 16.5. The van der Waals surface area contributed by atoms with Crippen LogP contribution in [-0.4, -0.2) is 38.7 Å². The fourth-order valence-electron chi connectivity index (χ4n) is 2.33. The molecule has 3 N–H and O–H groups in total. The predicted octanol–water partition coefficient (Wildman–Crippen LogP) is 2.02. The lowest BCUT2D eigenvalue weighted by atomic mass is 10.1. The van der Waals surface area contributed by atoms with E-state index < -0.39 is 0 Å². The van der Waals surface area contributed by atoms with E-state index in [4.69, 9.17) is 4.74 Å². The van der Waals surface area contributed by atoms with E-state index in [0.717, 1.165) is 28.9 Å². The first-order valence-electron chi connectivity index (χ1n) is 7.63. The van der Waals surface area contributed by atoms with E-state index in [9.17, 15) is 5.11 Å². The zero-order valence-corrected chi connectivity index (χ0v) is 13.4.